The van der Waals surface area contributed by atoms with Crippen molar-refractivity contribution in [2.45, 2.75) is 6.54 Å². The second-order valence-electron chi connectivity index (χ2n) is 2.31. The number of hydrogen-bond donors (Lipinski definition) is 1. The van der Waals surface area contributed by atoms with E-state index in [1.807, 2.05) is 36.3 Å². The predicted molar refractivity (Wildman–Crippen MR) is 47.1 cm³/mol. The lowest BCUT2D eigenvalue weighted by molar-refractivity contribution is -0.115. The van der Waals surface area contributed by atoms with Crippen molar-refractivity contribution in [3.05, 3.63) is 35.9 Å². The number of carbonyl (C=O) groups excluding carboxylic acids is 1. The van der Waals surface area contributed by atoms with Crippen LogP contribution in [-0.2, 0) is 11.3 Å². The summed E-state index contributed by atoms with van der Waals surface area (Å²) in [4.78, 5) is 10.6. The van der Waals surface area contributed by atoms with Gasteiger partial charge in [0.2, 0.25) is 0 Å². The van der Waals surface area contributed by atoms with Gasteiger partial charge in [-0.2, -0.15) is 0 Å². The Morgan fingerprint density at radius 2 is 2.08 bits per heavy atom. The minimum Gasteiger partial charge on any atom is -0.341 e. The third-order valence-corrected chi connectivity index (χ3v) is 1.43. The van der Waals surface area contributed by atoms with Crippen molar-refractivity contribution in [2.75, 3.05) is 0 Å². The molecule has 0 aliphatic heterocycles. The smallest absolute Gasteiger partial charge is 0.295 e. The lowest BCUT2D eigenvalue weighted by Gasteiger charge is -1.99. The van der Waals surface area contributed by atoms with Gasteiger partial charge in [-0.3, -0.25) is 4.79 Å². The molecule has 0 unspecified atom stereocenters. The van der Waals surface area contributed by atoms with E-state index in [1.165, 1.54) is 0 Å². The van der Waals surface area contributed by atoms with Crippen LogP contribution in [0.5, 0.6) is 0 Å². The Bertz CT molecular complexity index is 297. The summed E-state index contributed by atoms with van der Waals surface area (Å²) in [6.45, 7) is 0.490. The van der Waals surface area contributed by atoms with Crippen LogP contribution in [0.3, 0.4) is 0 Å². The molecule has 0 spiro atoms. The van der Waals surface area contributed by atoms with Gasteiger partial charge in [0.15, 0.2) is 0 Å². The Kier molecular flexibility index (Phi) is 2.92. The monoisotopic (exact) mass is 159 g/mol. The predicted octanol–water partition coefficient (Wildman–Crippen LogP) is 0.936. The lowest BCUT2D eigenvalue weighted by atomic mass is 10.2. The highest BCUT2D eigenvalue weighted by Crippen LogP contribution is 1.96. The quantitative estimate of drug-likeness (QED) is 0.639. The zero-order chi connectivity index (χ0) is 8.81. The molecule has 0 fully saturated rings. The summed E-state index contributed by atoms with van der Waals surface area (Å²) in [6.07, 6.45) is 4.87. The fourth-order valence-corrected chi connectivity index (χ4v) is 0.829. The Balaban J connectivity index is 2.45. The maximum atomic E-state index is 10.6. The molecule has 2 heteroatoms. The fraction of sp³-hybridized carbons (Fsp3) is 0.100. The number of hydrogen-bond acceptors (Lipinski definition) is 1. The molecule has 0 bridgehead atoms. The van der Waals surface area contributed by atoms with Gasteiger partial charge < -0.3 is 5.32 Å². The van der Waals surface area contributed by atoms with E-state index in [0.29, 0.717) is 6.54 Å². The molecule has 1 aromatic rings. The summed E-state index contributed by atoms with van der Waals surface area (Å²) in [6, 6.07) is 9.61. The molecule has 1 rings (SSSR count). The minimum absolute atomic E-state index is 0.376. The van der Waals surface area contributed by atoms with E-state index >= 15 is 0 Å². The molecule has 0 aliphatic rings. The summed E-state index contributed by atoms with van der Waals surface area (Å²) >= 11 is 0. The summed E-state index contributed by atoms with van der Waals surface area (Å²) in [7, 11) is 0. The van der Waals surface area contributed by atoms with Crippen LogP contribution < -0.4 is 5.32 Å². The van der Waals surface area contributed by atoms with Crippen LogP contribution in [0.2, 0.25) is 0 Å². The molecule has 0 saturated heterocycles. The summed E-state index contributed by atoms with van der Waals surface area (Å²) < 4.78 is 0. The third-order valence-electron chi connectivity index (χ3n) is 1.43. The fourth-order valence-electron chi connectivity index (χ4n) is 0.829. The Labute approximate surface area is 71.6 Å². The maximum Gasteiger partial charge on any atom is 0.295 e. The zero-order valence-corrected chi connectivity index (χ0v) is 6.58. The molecule has 0 aromatic heterocycles. The maximum absolute atomic E-state index is 10.6. The largest absolute Gasteiger partial charge is 0.341 e. The van der Waals surface area contributed by atoms with Crippen molar-refractivity contribution in [1.82, 2.24) is 5.32 Å². The van der Waals surface area contributed by atoms with E-state index in [4.69, 9.17) is 6.42 Å². The molecule has 60 valence electrons. The van der Waals surface area contributed by atoms with Crippen LogP contribution in [0.15, 0.2) is 30.3 Å². The van der Waals surface area contributed by atoms with Crippen molar-refractivity contribution < 1.29 is 4.79 Å². The molecule has 2 nitrogen and oxygen atoms in total. The molecule has 0 atom stereocenters. The molecule has 1 amide bonds. The first-order chi connectivity index (χ1) is 5.83. The number of benzene rings is 1. The SMILES string of the molecule is C#CC(=O)NCc1ccccc1. The molecule has 1 aromatic carbocycles. The molecular weight excluding hydrogens is 150 g/mol. The first kappa shape index (κ1) is 8.35. The average Bonchev–Trinajstić information content (AvgIpc) is 2.16. The van der Waals surface area contributed by atoms with E-state index in [1.54, 1.807) is 0 Å². The summed E-state index contributed by atoms with van der Waals surface area (Å²) in [5, 5.41) is 2.57. The van der Waals surface area contributed by atoms with Crippen LogP contribution in [-0.4, -0.2) is 5.91 Å². The Morgan fingerprint density at radius 3 is 2.67 bits per heavy atom. The standard InChI is InChI=1S/C10H9NO/c1-2-10(12)11-8-9-6-4-3-5-7-9/h1,3-7H,8H2,(H,11,12). The van der Waals surface area contributed by atoms with Crippen molar-refractivity contribution >= 4 is 5.91 Å². The van der Waals surface area contributed by atoms with Crippen LogP contribution >= 0.6 is 0 Å². The van der Waals surface area contributed by atoms with Crippen LogP contribution in [0.1, 0.15) is 5.56 Å². The van der Waals surface area contributed by atoms with Crippen molar-refractivity contribution in [1.29, 1.82) is 0 Å². The molecule has 0 radical (unpaired) electrons. The first-order valence-electron chi connectivity index (χ1n) is 3.61. The number of amides is 1. The Morgan fingerprint density at radius 1 is 1.42 bits per heavy atom. The van der Waals surface area contributed by atoms with Gasteiger partial charge in [0.05, 0.1) is 0 Å². The van der Waals surface area contributed by atoms with Gasteiger partial charge in [-0.05, 0) is 11.5 Å². The number of carbonyl (C=O) groups is 1. The second-order valence-corrected chi connectivity index (χ2v) is 2.31. The lowest BCUT2D eigenvalue weighted by Crippen LogP contribution is -2.20. The molecule has 1 N–H and O–H groups in total. The number of rotatable bonds is 2. The molecule has 0 aliphatic carbocycles. The summed E-state index contributed by atoms with van der Waals surface area (Å²) in [5.74, 6) is 1.61. The van der Waals surface area contributed by atoms with Crippen LogP contribution in [0.25, 0.3) is 0 Å². The highest BCUT2D eigenvalue weighted by atomic mass is 16.1. The molecular formula is C10H9NO. The first-order valence-corrected chi connectivity index (χ1v) is 3.61. The number of nitrogens with one attached hydrogen (secondary N) is 1. The van der Waals surface area contributed by atoms with E-state index < -0.39 is 0 Å². The van der Waals surface area contributed by atoms with Gasteiger partial charge >= 0.3 is 0 Å². The van der Waals surface area contributed by atoms with Crippen LogP contribution in [0, 0.1) is 12.3 Å². The summed E-state index contributed by atoms with van der Waals surface area (Å²) in [5.41, 5.74) is 1.04. The van der Waals surface area contributed by atoms with Gasteiger partial charge in [0, 0.05) is 6.54 Å². The van der Waals surface area contributed by atoms with Gasteiger partial charge in [-0.1, -0.05) is 30.3 Å². The minimum atomic E-state index is -0.376. The molecule has 0 saturated carbocycles. The van der Waals surface area contributed by atoms with E-state index in [9.17, 15) is 4.79 Å². The van der Waals surface area contributed by atoms with Crippen LogP contribution in [0.4, 0.5) is 0 Å². The third kappa shape index (κ3) is 2.47. The van der Waals surface area contributed by atoms with Gasteiger partial charge in [-0.25, -0.2) is 0 Å². The van der Waals surface area contributed by atoms with E-state index in [-0.39, 0.29) is 5.91 Å². The second kappa shape index (κ2) is 4.20. The van der Waals surface area contributed by atoms with Gasteiger partial charge in [-0.15, -0.1) is 6.42 Å². The van der Waals surface area contributed by atoms with Crippen molar-refractivity contribution in [3.8, 4) is 12.3 Å². The van der Waals surface area contributed by atoms with Crippen molar-refractivity contribution in [2.24, 2.45) is 0 Å². The number of terminal acetylenes is 1. The topological polar surface area (TPSA) is 29.1 Å². The average molecular weight is 159 g/mol. The van der Waals surface area contributed by atoms with Gasteiger partial charge in [0.1, 0.15) is 0 Å². The van der Waals surface area contributed by atoms with E-state index in [0.717, 1.165) is 5.56 Å². The molecule has 12 heavy (non-hydrogen) atoms. The highest BCUT2D eigenvalue weighted by molar-refractivity contribution is 5.92. The van der Waals surface area contributed by atoms with E-state index in [2.05, 4.69) is 5.32 Å². The van der Waals surface area contributed by atoms with Crippen molar-refractivity contribution in [3.63, 3.8) is 0 Å². The highest BCUT2D eigenvalue weighted by Gasteiger charge is 1.93. The normalized spacial score (nSPS) is 8.58. The Hall–Kier alpha value is -1.75. The molecule has 0 heterocycles. The van der Waals surface area contributed by atoms with Gasteiger partial charge in [0.25, 0.3) is 5.91 Å². The zero-order valence-electron chi connectivity index (χ0n) is 6.58.